The van der Waals surface area contributed by atoms with Gasteiger partial charge >= 0.3 is 12.4 Å². The van der Waals surface area contributed by atoms with Crippen LogP contribution in [0.2, 0.25) is 10.0 Å². The molecule has 0 aliphatic carbocycles. The van der Waals surface area contributed by atoms with Crippen LogP contribution in [0.25, 0.3) is 0 Å². The molecular weight excluding hydrogens is 356 g/mol. The first-order chi connectivity index (χ1) is 10.7. The van der Waals surface area contributed by atoms with Crippen molar-refractivity contribution >= 4 is 40.6 Å². The van der Waals surface area contributed by atoms with Crippen LogP contribution >= 0.6 is 23.2 Å². The number of anilines is 2. The Hall–Kier alpha value is -2.12. The molecule has 4 nitrogen and oxygen atoms in total. The Kier molecular flexibility index (Phi) is 5.23. The molecule has 0 bridgehead atoms. The summed E-state index contributed by atoms with van der Waals surface area (Å²) in [5.74, 6) is -0.388. The van der Waals surface area contributed by atoms with Gasteiger partial charge in [0.1, 0.15) is 5.75 Å². The summed E-state index contributed by atoms with van der Waals surface area (Å²) in [6, 6.07) is 8.60. The van der Waals surface area contributed by atoms with E-state index in [1.54, 1.807) is 6.07 Å². The van der Waals surface area contributed by atoms with Crippen molar-refractivity contribution in [2.45, 2.75) is 6.36 Å². The third-order valence-corrected chi connectivity index (χ3v) is 3.09. The smallest absolute Gasteiger partial charge is 0.406 e. The van der Waals surface area contributed by atoms with Gasteiger partial charge < -0.3 is 15.4 Å². The first-order valence-electron chi connectivity index (χ1n) is 6.12. The number of hydrogen-bond acceptors (Lipinski definition) is 2. The van der Waals surface area contributed by atoms with Gasteiger partial charge in [-0.25, -0.2) is 4.79 Å². The Morgan fingerprint density at radius 2 is 1.65 bits per heavy atom. The fourth-order valence-electron chi connectivity index (χ4n) is 1.62. The van der Waals surface area contributed by atoms with Gasteiger partial charge in [0.05, 0.1) is 10.7 Å². The predicted octanol–water partition coefficient (Wildman–Crippen LogP) is 5.54. The number of hydrogen-bond donors (Lipinski definition) is 2. The molecule has 2 amide bonds. The molecule has 2 rings (SSSR count). The monoisotopic (exact) mass is 364 g/mol. The van der Waals surface area contributed by atoms with Gasteiger partial charge in [-0.1, -0.05) is 23.2 Å². The predicted molar refractivity (Wildman–Crippen MR) is 82.2 cm³/mol. The van der Waals surface area contributed by atoms with Gasteiger partial charge in [0.15, 0.2) is 0 Å². The average molecular weight is 365 g/mol. The summed E-state index contributed by atoms with van der Waals surface area (Å²) in [4.78, 5) is 11.8. The molecule has 23 heavy (non-hydrogen) atoms. The molecule has 0 radical (unpaired) electrons. The molecule has 2 aromatic rings. The van der Waals surface area contributed by atoms with E-state index >= 15 is 0 Å². The van der Waals surface area contributed by atoms with E-state index in [-0.39, 0.29) is 11.4 Å². The first kappa shape index (κ1) is 17.2. The highest BCUT2D eigenvalue weighted by molar-refractivity contribution is 6.35. The van der Waals surface area contributed by atoms with Crippen LogP contribution in [0.1, 0.15) is 0 Å². The SMILES string of the molecule is O=C(Nc1ccc(OC(F)(F)F)cc1)Nc1cc(Cl)ccc1Cl. The molecule has 2 aromatic carbocycles. The number of rotatable bonds is 3. The number of halogens is 5. The molecule has 0 aromatic heterocycles. The van der Waals surface area contributed by atoms with E-state index in [4.69, 9.17) is 23.2 Å². The van der Waals surface area contributed by atoms with Crippen molar-refractivity contribution in [3.8, 4) is 5.75 Å². The van der Waals surface area contributed by atoms with Crippen molar-refractivity contribution in [2.75, 3.05) is 10.6 Å². The molecule has 0 unspecified atom stereocenters. The van der Waals surface area contributed by atoms with Gasteiger partial charge in [0, 0.05) is 10.7 Å². The Bertz CT molecular complexity index is 706. The molecule has 0 atom stereocenters. The fourth-order valence-corrected chi connectivity index (χ4v) is 1.95. The molecule has 0 heterocycles. The third-order valence-electron chi connectivity index (χ3n) is 2.52. The minimum atomic E-state index is -4.77. The average Bonchev–Trinajstić information content (AvgIpc) is 2.43. The largest absolute Gasteiger partial charge is 0.573 e. The van der Waals surface area contributed by atoms with Gasteiger partial charge in [-0.05, 0) is 42.5 Å². The summed E-state index contributed by atoms with van der Waals surface area (Å²) in [7, 11) is 0. The third kappa shape index (κ3) is 5.54. The zero-order valence-corrected chi connectivity index (χ0v) is 12.8. The molecular formula is C14H9Cl2F3N2O2. The molecule has 0 spiro atoms. The van der Waals surface area contributed by atoms with Gasteiger partial charge in [0.25, 0.3) is 0 Å². The lowest BCUT2D eigenvalue weighted by molar-refractivity contribution is -0.274. The van der Waals surface area contributed by atoms with Crippen molar-refractivity contribution in [1.82, 2.24) is 0 Å². The second-order valence-corrected chi connectivity index (χ2v) is 5.12. The van der Waals surface area contributed by atoms with E-state index < -0.39 is 12.4 Å². The van der Waals surface area contributed by atoms with Crippen LogP contribution in [-0.2, 0) is 0 Å². The summed E-state index contributed by atoms with van der Waals surface area (Å²) in [5.41, 5.74) is 0.573. The molecule has 0 aliphatic heterocycles. The van der Waals surface area contributed by atoms with Crippen LogP contribution in [0.15, 0.2) is 42.5 Å². The highest BCUT2D eigenvalue weighted by Crippen LogP contribution is 2.26. The quantitative estimate of drug-likeness (QED) is 0.751. The number of benzene rings is 2. The van der Waals surface area contributed by atoms with Crippen molar-refractivity contribution in [3.05, 3.63) is 52.5 Å². The molecule has 9 heteroatoms. The Labute approximate surface area is 139 Å². The molecule has 0 fully saturated rings. The van der Waals surface area contributed by atoms with E-state index in [9.17, 15) is 18.0 Å². The normalized spacial score (nSPS) is 11.0. The maximum Gasteiger partial charge on any atom is 0.573 e. The lowest BCUT2D eigenvalue weighted by atomic mass is 10.3. The number of carbonyl (C=O) groups excluding carboxylic acids is 1. The Morgan fingerprint density at radius 1 is 1.00 bits per heavy atom. The fraction of sp³-hybridized carbons (Fsp3) is 0.0714. The van der Waals surface area contributed by atoms with Crippen molar-refractivity contribution < 1.29 is 22.7 Å². The highest BCUT2D eigenvalue weighted by Gasteiger charge is 2.30. The van der Waals surface area contributed by atoms with E-state index in [1.165, 1.54) is 24.3 Å². The molecule has 122 valence electrons. The Balaban J connectivity index is 1.99. The summed E-state index contributed by atoms with van der Waals surface area (Å²) in [6.45, 7) is 0. The summed E-state index contributed by atoms with van der Waals surface area (Å²) < 4.78 is 39.8. The lowest BCUT2D eigenvalue weighted by Gasteiger charge is -2.11. The van der Waals surface area contributed by atoms with Crippen molar-refractivity contribution in [2.24, 2.45) is 0 Å². The molecule has 2 N–H and O–H groups in total. The van der Waals surface area contributed by atoms with Crippen LogP contribution < -0.4 is 15.4 Å². The van der Waals surface area contributed by atoms with Crippen LogP contribution in [0.3, 0.4) is 0 Å². The standard InChI is InChI=1S/C14H9Cl2F3N2O2/c15-8-1-6-11(16)12(7-8)21-13(22)20-9-2-4-10(5-3-9)23-14(17,18)19/h1-7H,(H2,20,21,22). The second kappa shape index (κ2) is 6.97. The number of urea groups is 1. The van der Waals surface area contributed by atoms with Crippen molar-refractivity contribution in [1.29, 1.82) is 0 Å². The lowest BCUT2D eigenvalue weighted by Crippen LogP contribution is -2.20. The van der Waals surface area contributed by atoms with E-state index in [1.807, 2.05) is 0 Å². The van der Waals surface area contributed by atoms with Gasteiger partial charge in [-0.3, -0.25) is 0 Å². The number of ether oxygens (including phenoxy) is 1. The van der Waals surface area contributed by atoms with E-state index in [2.05, 4.69) is 15.4 Å². The molecule has 0 aliphatic rings. The van der Waals surface area contributed by atoms with Crippen LogP contribution in [0.5, 0.6) is 5.75 Å². The molecule has 0 saturated carbocycles. The number of amides is 2. The van der Waals surface area contributed by atoms with Crippen LogP contribution in [0.4, 0.5) is 29.3 Å². The molecule has 0 saturated heterocycles. The zero-order valence-electron chi connectivity index (χ0n) is 11.2. The minimum absolute atomic E-state index is 0.273. The number of alkyl halides is 3. The van der Waals surface area contributed by atoms with Gasteiger partial charge in [-0.15, -0.1) is 13.2 Å². The maximum atomic E-state index is 12.0. The maximum absolute atomic E-state index is 12.0. The highest BCUT2D eigenvalue weighted by atomic mass is 35.5. The number of nitrogens with one attached hydrogen (secondary N) is 2. The van der Waals surface area contributed by atoms with E-state index in [0.29, 0.717) is 15.7 Å². The summed E-state index contributed by atoms with van der Waals surface area (Å²) in [5, 5.41) is 5.59. The minimum Gasteiger partial charge on any atom is -0.406 e. The van der Waals surface area contributed by atoms with E-state index in [0.717, 1.165) is 12.1 Å². The van der Waals surface area contributed by atoms with Crippen LogP contribution in [0, 0.1) is 0 Å². The van der Waals surface area contributed by atoms with Gasteiger partial charge in [-0.2, -0.15) is 0 Å². The second-order valence-electron chi connectivity index (χ2n) is 4.28. The zero-order chi connectivity index (χ0) is 17.0. The topological polar surface area (TPSA) is 50.4 Å². The number of carbonyl (C=O) groups is 1. The van der Waals surface area contributed by atoms with Gasteiger partial charge in [0.2, 0.25) is 0 Å². The summed E-state index contributed by atoms with van der Waals surface area (Å²) >= 11 is 11.7. The summed E-state index contributed by atoms with van der Waals surface area (Å²) in [6.07, 6.45) is -4.77. The van der Waals surface area contributed by atoms with Crippen LogP contribution in [-0.4, -0.2) is 12.4 Å². The Morgan fingerprint density at radius 3 is 2.26 bits per heavy atom. The van der Waals surface area contributed by atoms with Crippen molar-refractivity contribution in [3.63, 3.8) is 0 Å². The first-order valence-corrected chi connectivity index (χ1v) is 6.87.